The summed E-state index contributed by atoms with van der Waals surface area (Å²) in [6, 6.07) is 9.86. The second kappa shape index (κ2) is 4.78. The molecule has 0 fully saturated rings. The van der Waals surface area contributed by atoms with Crippen molar-refractivity contribution in [2.75, 3.05) is 0 Å². The van der Waals surface area contributed by atoms with E-state index in [1.165, 1.54) is 0 Å². The maximum atomic E-state index is 11.5. The number of carbonyl (C=O) groups excluding carboxylic acids is 1. The molecule has 15 heavy (non-hydrogen) atoms. The van der Waals surface area contributed by atoms with Crippen LogP contribution in [-0.2, 0) is 4.79 Å². The molecule has 2 heteroatoms. The number of hydrogen-bond acceptors (Lipinski definition) is 1. The zero-order chi connectivity index (χ0) is 11.3. The Balaban J connectivity index is 2.51. The Morgan fingerprint density at radius 3 is 2.33 bits per heavy atom. The smallest absolute Gasteiger partial charge is 0.229 e. The van der Waals surface area contributed by atoms with Crippen molar-refractivity contribution in [1.82, 2.24) is 5.32 Å². The second-order valence-corrected chi connectivity index (χ2v) is 4.47. The molecule has 1 rings (SSSR count). The lowest BCUT2D eigenvalue weighted by molar-refractivity contribution is -0.127. The number of carbonyl (C=O) groups is 1. The van der Waals surface area contributed by atoms with Crippen LogP contribution in [-0.4, -0.2) is 5.91 Å². The first-order chi connectivity index (χ1) is 7.00. The first kappa shape index (κ1) is 11.5. The summed E-state index contributed by atoms with van der Waals surface area (Å²) in [5, 5.41) is 2.75. The van der Waals surface area contributed by atoms with E-state index in [0.29, 0.717) is 0 Å². The summed E-state index contributed by atoms with van der Waals surface area (Å²) in [7, 11) is 0. The van der Waals surface area contributed by atoms with Crippen molar-refractivity contribution in [1.29, 1.82) is 0 Å². The molecular weight excluding hydrogens is 186 g/mol. The molecule has 1 aromatic carbocycles. The van der Waals surface area contributed by atoms with Crippen molar-refractivity contribution in [2.24, 2.45) is 5.41 Å². The van der Waals surface area contributed by atoms with Crippen molar-refractivity contribution in [3.05, 3.63) is 42.1 Å². The van der Waals surface area contributed by atoms with Gasteiger partial charge in [-0.3, -0.25) is 4.79 Å². The molecule has 1 N–H and O–H groups in total. The zero-order valence-corrected chi connectivity index (χ0v) is 9.45. The van der Waals surface area contributed by atoms with Crippen LogP contribution in [0.4, 0.5) is 0 Å². The second-order valence-electron chi connectivity index (χ2n) is 4.47. The lowest BCUT2D eigenvalue weighted by atomic mass is 9.96. The predicted molar refractivity (Wildman–Crippen MR) is 63.1 cm³/mol. The summed E-state index contributed by atoms with van der Waals surface area (Å²) in [6.45, 7) is 5.66. The number of hydrogen-bond donors (Lipinski definition) is 1. The molecule has 0 spiro atoms. The monoisotopic (exact) mass is 203 g/mol. The van der Waals surface area contributed by atoms with E-state index < -0.39 is 0 Å². The fourth-order valence-corrected chi connectivity index (χ4v) is 0.994. The summed E-state index contributed by atoms with van der Waals surface area (Å²) in [5.41, 5.74) is 0.729. The Morgan fingerprint density at radius 2 is 1.80 bits per heavy atom. The predicted octanol–water partition coefficient (Wildman–Crippen LogP) is 2.82. The molecule has 0 aliphatic heterocycles. The fraction of sp³-hybridized carbons (Fsp3) is 0.308. The number of benzene rings is 1. The third-order valence-electron chi connectivity index (χ3n) is 1.97. The van der Waals surface area contributed by atoms with Crippen LogP contribution < -0.4 is 5.32 Å². The summed E-state index contributed by atoms with van der Waals surface area (Å²) < 4.78 is 0. The fourth-order valence-electron chi connectivity index (χ4n) is 0.994. The summed E-state index contributed by atoms with van der Waals surface area (Å²) in [4.78, 5) is 11.5. The molecule has 0 heterocycles. The van der Waals surface area contributed by atoms with Crippen molar-refractivity contribution in [3.63, 3.8) is 0 Å². The normalized spacial score (nSPS) is 11.7. The highest BCUT2D eigenvalue weighted by Crippen LogP contribution is 2.12. The van der Waals surface area contributed by atoms with Crippen LogP contribution in [0.3, 0.4) is 0 Å². The summed E-state index contributed by atoms with van der Waals surface area (Å²) in [6.07, 6.45) is 3.56. The minimum atomic E-state index is -0.346. The van der Waals surface area contributed by atoms with E-state index in [0.717, 1.165) is 5.56 Å². The van der Waals surface area contributed by atoms with Gasteiger partial charge in [-0.2, -0.15) is 0 Å². The van der Waals surface area contributed by atoms with Crippen LogP contribution in [0.25, 0.3) is 6.08 Å². The van der Waals surface area contributed by atoms with Crippen LogP contribution in [0.5, 0.6) is 0 Å². The molecule has 0 aliphatic carbocycles. The molecule has 0 aromatic heterocycles. The van der Waals surface area contributed by atoms with Crippen LogP contribution in [0.1, 0.15) is 26.3 Å². The largest absolute Gasteiger partial charge is 0.332 e. The van der Waals surface area contributed by atoms with Gasteiger partial charge in [0.2, 0.25) is 5.91 Å². The molecule has 1 amide bonds. The van der Waals surface area contributed by atoms with Crippen LogP contribution in [0.2, 0.25) is 0 Å². The van der Waals surface area contributed by atoms with Gasteiger partial charge in [0.15, 0.2) is 0 Å². The highest BCUT2D eigenvalue weighted by atomic mass is 16.2. The van der Waals surface area contributed by atoms with E-state index in [2.05, 4.69) is 5.32 Å². The van der Waals surface area contributed by atoms with E-state index in [9.17, 15) is 4.79 Å². The van der Waals surface area contributed by atoms with Gasteiger partial charge in [0.05, 0.1) is 0 Å². The molecule has 0 aliphatic rings. The standard InChI is InChI=1S/C13H17NO/c1-13(2,3)12(15)14-10-9-11-7-5-4-6-8-11/h4-10H,1-3H3,(H,14,15)/b10-9+. The van der Waals surface area contributed by atoms with E-state index in [-0.39, 0.29) is 11.3 Å². The van der Waals surface area contributed by atoms with Gasteiger partial charge in [-0.05, 0) is 11.6 Å². The molecule has 0 unspecified atom stereocenters. The van der Waals surface area contributed by atoms with E-state index in [1.807, 2.05) is 57.2 Å². The van der Waals surface area contributed by atoms with Crippen molar-refractivity contribution >= 4 is 12.0 Å². The highest BCUT2D eigenvalue weighted by Gasteiger charge is 2.19. The molecule has 0 saturated heterocycles. The number of nitrogens with one attached hydrogen (secondary N) is 1. The average molecular weight is 203 g/mol. The Hall–Kier alpha value is -1.57. The van der Waals surface area contributed by atoms with Gasteiger partial charge in [0.1, 0.15) is 0 Å². The van der Waals surface area contributed by atoms with Crippen LogP contribution in [0.15, 0.2) is 36.5 Å². The lowest BCUT2D eigenvalue weighted by Crippen LogP contribution is -2.31. The third kappa shape index (κ3) is 3.98. The molecule has 0 bridgehead atoms. The van der Waals surface area contributed by atoms with E-state index in [1.54, 1.807) is 6.20 Å². The number of rotatable bonds is 2. The maximum absolute atomic E-state index is 11.5. The van der Waals surface area contributed by atoms with Crippen molar-refractivity contribution in [2.45, 2.75) is 20.8 Å². The molecule has 2 nitrogen and oxygen atoms in total. The summed E-state index contributed by atoms with van der Waals surface area (Å²) in [5.74, 6) is 0.0229. The molecule has 0 saturated carbocycles. The van der Waals surface area contributed by atoms with Crippen LogP contribution in [0, 0.1) is 5.41 Å². The van der Waals surface area contributed by atoms with Crippen LogP contribution >= 0.6 is 0 Å². The lowest BCUT2D eigenvalue weighted by Gasteiger charge is -2.15. The van der Waals surface area contributed by atoms with Gasteiger partial charge < -0.3 is 5.32 Å². The quantitative estimate of drug-likeness (QED) is 0.786. The molecule has 80 valence electrons. The highest BCUT2D eigenvalue weighted by molar-refractivity contribution is 5.82. The summed E-state index contributed by atoms with van der Waals surface area (Å²) >= 11 is 0. The van der Waals surface area contributed by atoms with Crippen molar-refractivity contribution in [3.8, 4) is 0 Å². The average Bonchev–Trinajstić information content (AvgIpc) is 2.18. The van der Waals surface area contributed by atoms with Gasteiger partial charge in [-0.25, -0.2) is 0 Å². The Bertz CT molecular complexity index is 347. The Morgan fingerprint density at radius 1 is 1.20 bits per heavy atom. The topological polar surface area (TPSA) is 29.1 Å². The van der Waals surface area contributed by atoms with Crippen molar-refractivity contribution < 1.29 is 4.79 Å². The third-order valence-corrected chi connectivity index (χ3v) is 1.97. The van der Waals surface area contributed by atoms with Gasteiger partial charge in [0.25, 0.3) is 0 Å². The van der Waals surface area contributed by atoms with E-state index in [4.69, 9.17) is 0 Å². The molecule has 0 atom stereocenters. The molecule has 1 aromatic rings. The van der Waals surface area contributed by atoms with Gasteiger partial charge in [-0.1, -0.05) is 51.1 Å². The minimum absolute atomic E-state index is 0.0229. The Kier molecular flexibility index (Phi) is 3.67. The Labute approximate surface area is 91.0 Å². The van der Waals surface area contributed by atoms with E-state index >= 15 is 0 Å². The zero-order valence-electron chi connectivity index (χ0n) is 9.45. The number of amides is 1. The molecule has 0 radical (unpaired) electrons. The minimum Gasteiger partial charge on any atom is -0.332 e. The maximum Gasteiger partial charge on any atom is 0.229 e. The first-order valence-electron chi connectivity index (χ1n) is 5.03. The van der Waals surface area contributed by atoms with Gasteiger partial charge >= 0.3 is 0 Å². The SMILES string of the molecule is CC(C)(C)C(=O)N/C=C/c1ccccc1. The van der Waals surface area contributed by atoms with Gasteiger partial charge in [-0.15, -0.1) is 0 Å². The van der Waals surface area contributed by atoms with Gasteiger partial charge in [0, 0.05) is 11.6 Å². The first-order valence-corrected chi connectivity index (χ1v) is 5.03. The molecular formula is C13H17NO.